The first-order valence-electron chi connectivity index (χ1n) is 10.1. The van der Waals surface area contributed by atoms with E-state index in [0.29, 0.717) is 18.7 Å². The van der Waals surface area contributed by atoms with Gasteiger partial charge in [0.05, 0.1) is 5.56 Å². The van der Waals surface area contributed by atoms with Crippen LogP contribution in [0.4, 0.5) is 0 Å². The summed E-state index contributed by atoms with van der Waals surface area (Å²) in [5, 5.41) is 10.3. The van der Waals surface area contributed by atoms with E-state index in [-0.39, 0.29) is 23.5 Å². The third kappa shape index (κ3) is 3.31. The molecule has 2 amide bonds. The number of hydrogen-bond acceptors (Lipinski definition) is 3. The van der Waals surface area contributed by atoms with E-state index in [1.807, 2.05) is 11.0 Å². The maximum Gasteiger partial charge on any atom is 0.257 e. The van der Waals surface area contributed by atoms with Crippen molar-refractivity contribution in [2.45, 2.75) is 51.4 Å². The molecule has 0 saturated carbocycles. The number of rotatable bonds is 2. The Labute approximate surface area is 155 Å². The predicted molar refractivity (Wildman–Crippen MR) is 99.2 cm³/mol. The Morgan fingerprint density at radius 1 is 0.846 bits per heavy atom. The summed E-state index contributed by atoms with van der Waals surface area (Å²) in [6.45, 7) is 2.97. The Kier molecular flexibility index (Phi) is 4.88. The summed E-state index contributed by atoms with van der Waals surface area (Å²) in [4.78, 5) is 29.2. The molecule has 4 rings (SSSR count). The molecule has 1 N–H and O–H groups in total. The van der Waals surface area contributed by atoms with Crippen molar-refractivity contribution in [3.05, 3.63) is 28.8 Å². The molecule has 1 aliphatic carbocycles. The van der Waals surface area contributed by atoms with Crippen LogP contribution in [0.5, 0.6) is 5.75 Å². The molecule has 3 aliphatic rings. The second-order valence-electron chi connectivity index (χ2n) is 7.94. The van der Waals surface area contributed by atoms with Crippen LogP contribution in [-0.4, -0.2) is 52.9 Å². The molecule has 0 unspecified atom stereocenters. The van der Waals surface area contributed by atoms with Crippen LogP contribution in [0.15, 0.2) is 12.1 Å². The first-order chi connectivity index (χ1) is 12.6. The van der Waals surface area contributed by atoms with Crippen molar-refractivity contribution in [1.29, 1.82) is 0 Å². The van der Waals surface area contributed by atoms with Crippen LogP contribution in [0.25, 0.3) is 0 Å². The van der Waals surface area contributed by atoms with Gasteiger partial charge >= 0.3 is 0 Å². The molecule has 1 aromatic rings. The van der Waals surface area contributed by atoms with Crippen molar-refractivity contribution in [1.82, 2.24) is 9.80 Å². The summed E-state index contributed by atoms with van der Waals surface area (Å²) in [7, 11) is 0. The number of benzene rings is 1. The van der Waals surface area contributed by atoms with Crippen LogP contribution in [-0.2, 0) is 17.6 Å². The third-order valence-electron chi connectivity index (χ3n) is 6.24. The van der Waals surface area contributed by atoms with Gasteiger partial charge < -0.3 is 14.9 Å². The molecule has 0 atom stereocenters. The van der Waals surface area contributed by atoms with E-state index in [2.05, 4.69) is 0 Å². The fraction of sp³-hybridized carbons (Fsp3) is 0.619. The Balaban J connectivity index is 1.41. The fourth-order valence-corrected chi connectivity index (χ4v) is 4.64. The zero-order chi connectivity index (χ0) is 18.1. The molecule has 26 heavy (non-hydrogen) atoms. The Bertz CT molecular complexity index is 701. The van der Waals surface area contributed by atoms with Crippen LogP contribution >= 0.6 is 0 Å². The monoisotopic (exact) mass is 356 g/mol. The topological polar surface area (TPSA) is 60.9 Å². The Morgan fingerprint density at radius 3 is 2.12 bits per heavy atom. The van der Waals surface area contributed by atoms with E-state index in [0.717, 1.165) is 64.5 Å². The van der Waals surface area contributed by atoms with Gasteiger partial charge in [-0.05, 0) is 74.6 Å². The van der Waals surface area contributed by atoms with Gasteiger partial charge in [0.2, 0.25) is 5.91 Å². The molecule has 2 fully saturated rings. The van der Waals surface area contributed by atoms with Gasteiger partial charge in [-0.25, -0.2) is 0 Å². The van der Waals surface area contributed by atoms with Crippen LogP contribution in [0.2, 0.25) is 0 Å². The molecular formula is C21H28N2O3. The summed E-state index contributed by atoms with van der Waals surface area (Å²) in [5.74, 6) is 0.328. The predicted octanol–water partition coefficient (Wildman–Crippen LogP) is 2.75. The van der Waals surface area contributed by atoms with Gasteiger partial charge in [0, 0.05) is 32.1 Å². The van der Waals surface area contributed by atoms with Crippen LogP contribution < -0.4 is 0 Å². The van der Waals surface area contributed by atoms with Crippen molar-refractivity contribution in [2.24, 2.45) is 5.92 Å². The van der Waals surface area contributed by atoms with Crippen molar-refractivity contribution in [3.8, 4) is 5.75 Å². The van der Waals surface area contributed by atoms with E-state index in [1.54, 1.807) is 11.0 Å². The minimum atomic E-state index is -0.0945. The molecule has 0 bridgehead atoms. The number of aromatic hydroxyl groups is 1. The summed E-state index contributed by atoms with van der Waals surface area (Å²) in [6, 6.07) is 3.68. The number of likely N-dealkylation sites (tertiary alicyclic amines) is 2. The molecule has 0 radical (unpaired) electrons. The molecule has 5 nitrogen and oxygen atoms in total. The van der Waals surface area contributed by atoms with E-state index in [1.165, 1.54) is 11.1 Å². The maximum atomic E-state index is 12.9. The standard InChI is InChI=1S/C21H28N2O3/c24-19-14-17-6-2-1-5-16(17)13-18(19)21(26)23-11-7-15(8-12-23)20(25)22-9-3-4-10-22/h13-15,24H,1-12H2. The normalized spacial score (nSPS) is 20.9. The Hall–Kier alpha value is -2.04. The number of carbonyl (C=O) groups is 2. The number of carbonyl (C=O) groups excluding carboxylic acids is 2. The number of amides is 2. The van der Waals surface area contributed by atoms with Gasteiger partial charge in [0.1, 0.15) is 5.75 Å². The van der Waals surface area contributed by atoms with Gasteiger partial charge in [-0.2, -0.15) is 0 Å². The fourth-order valence-electron chi connectivity index (χ4n) is 4.64. The van der Waals surface area contributed by atoms with Gasteiger partial charge in [0.15, 0.2) is 0 Å². The number of aryl methyl sites for hydroxylation is 2. The lowest BCUT2D eigenvalue weighted by Crippen LogP contribution is -2.43. The summed E-state index contributed by atoms with van der Waals surface area (Å²) >= 11 is 0. The first-order valence-corrected chi connectivity index (χ1v) is 10.1. The van der Waals surface area contributed by atoms with Crippen LogP contribution in [0, 0.1) is 5.92 Å². The van der Waals surface area contributed by atoms with Gasteiger partial charge in [-0.3, -0.25) is 9.59 Å². The number of hydrogen-bond donors (Lipinski definition) is 1. The molecular weight excluding hydrogens is 328 g/mol. The second-order valence-corrected chi connectivity index (χ2v) is 7.94. The van der Waals surface area contributed by atoms with Crippen molar-refractivity contribution in [3.63, 3.8) is 0 Å². The largest absolute Gasteiger partial charge is 0.507 e. The molecule has 0 aromatic heterocycles. The minimum Gasteiger partial charge on any atom is -0.507 e. The van der Waals surface area contributed by atoms with Gasteiger partial charge in [-0.15, -0.1) is 0 Å². The molecule has 2 aliphatic heterocycles. The molecule has 140 valence electrons. The lowest BCUT2D eigenvalue weighted by atomic mass is 9.89. The Morgan fingerprint density at radius 2 is 1.46 bits per heavy atom. The quantitative estimate of drug-likeness (QED) is 0.886. The van der Waals surface area contributed by atoms with Crippen LogP contribution in [0.1, 0.15) is 60.0 Å². The number of nitrogens with zero attached hydrogens (tertiary/aromatic N) is 2. The zero-order valence-corrected chi connectivity index (χ0v) is 15.4. The highest BCUT2D eigenvalue weighted by Crippen LogP contribution is 2.30. The van der Waals surface area contributed by atoms with E-state index in [4.69, 9.17) is 0 Å². The molecule has 2 saturated heterocycles. The lowest BCUT2D eigenvalue weighted by molar-refractivity contribution is -0.135. The SMILES string of the molecule is O=C(c1cc2c(cc1O)CCCC2)N1CCC(C(=O)N2CCCC2)CC1. The number of phenols is 1. The second kappa shape index (κ2) is 7.29. The third-order valence-corrected chi connectivity index (χ3v) is 6.24. The molecule has 5 heteroatoms. The van der Waals surface area contributed by atoms with Crippen LogP contribution in [0.3, 0.4) is 0 Å². The van der Waals surface area contributed by atoms with Gasteiger partial charge in [0.25, 0.3) is 5.91 Å². The number of phenolic OH excluding ortho intramolecular Hbond substituents is 1. The lowest BCUT2D eigenvalue weighted by Gasteiger charge is -2.33. The van der Waals surface area contributed by atoms with Crippen molar-refractivity contribution in [2.75, 3.05) is 26.2 Å². The minimum absolute atomic E-state index is 0.0503. The number of fused-ring (bicyclic) bond motifs is 1. The summed E-state index contributed by atoms with van der Waals surface area (Å²) < 4.78 is 0. The van der Waals surface area contributed by atoms with Crippen molar-refractivity contribution >= 4 is 11.8 Å². The summed E-state index contributed by atoms with van der Waals surface area (Å²) in [6.07, 6.45) is 7.96. The highest BCUT2D eigenvalue weighted by Gasteiger charge is 2.32. The van der Waals surface area contributed by atoms with E-state index in [9.17, 15) is 14.7 Å². The molecule has 0 spiro atoms. The highest BCUT2D eigenvalue weighted by molar-refractivity contribution is 5.97. The maximum absolute atomic E-state index is 12.9. The average Bonchev–Trinajstić information content (AvgIpc) is 3.21. The smallest absolute Gasteiger partial charge is 0.257 e. The first kappa shape index (κ1) is 17.4. The van der Waals surface area contributed by atoms with Gasteiger partial charge in [-0.1, -0.05) is 0 Å². The molecule has 1 aromatic carbocycles. The van der Waals surface area contributed by atoms with E-state index < -0.39 is 0 Å². The highest BCUT2D eigenvalue weighted by atomic mass is 16.3. The number of piperidine rings is 1. The average molecular weight is 356 g/mol. The zero-order valence-electron chi connectivity index (χ0n) is 15.4. The summed E-state index contributed by atoms with van der Waals surface area (Å²) in [5.41, 5.74) is 2.81. The van der Waals surface area contributed by atoms with E-state index >= 15 is 0 Å². The molecule has 2 heterocycles. The van der Waals surface area contributed by atoms with Crippen molar-refractivity contribution < 1.29 is 14.7 Å².